The van der Waals surface area contributed by atoms with Crippen molar-refractivity contribution >= 4 is 17.6 Å². The predicted octanol–water partition coefficient (Wildman–Crippen LogP) is 4.75. The van der Waals surface area contributed by atoms with Gasteiger partial charge in [-0.3, -0.25) is 4.98 Å². The maximum absolute atomic E-state index is 4.57. The van der Waals surface area contributed by atoms with Gasteiger partial charge in [0, 0.05) is 11.4 Å². The highest BCUT2D eigenvalue weighted by Gasteiger charge is 2.13. The quantitative estimate of drug-likeness (QED) is 0.865. The summed E-state index contributed by atoms with van der Waals surface area (Å²) in [4.78, 5) is 10.00. The standard InChI is InChI=1S/C17H23N3S/c1-5-10-19-15-11-18-12-16(20-15)21-14-8-6-13(7-9-14)17(2,3)4/h6-9,11-12H,5,10H2,1-4H3,(H,19,20). The van der Waals surface area contributed by atoms with Crippen molar-refractivity contribution in [1.82, 2.24) is 9.97 Å². The van der Waals surface area contributed by atoms with Crippen LogP contribution in [0.3, 0.4) is 0 Å². The van der Waals surface area contributed by atoms with Crippen LogP contribution in [-0.2, 0) is 5.41 Å². The maximum atomic E-state index is 4.57. The van der Waals surface area contributed by atoms with Gasteiger partial charge in [0.1, 0.15) is 10.8 Å². The molecule has 1 aromatic heterocycles. The molecule has 0 amide bonds. The Kier molecular flexibility index (Phi) is 5.23. The molecule has 2 rings (SSSR count). The van der Waals surface area contributed by atoms with E-state index in [0.29, 0.717) is 0 Å². The number of nitrogens with zero attached hydrogens (tertiary/aromatic N) is 2. The lowest BCUT2D eigenvalue weighted by atomic mass is 9.87. The van der Waals surface area contributed by atoms with Crippen LogP contribution in [-0.4, -0.2) is 16.5 Å². The number of aromatic nitrogens is 2. The number of hydrogen-bond donors (Lipinski definition) is 1. The molecule has 112 valence electrons. The van der Waals surface area contributed by atoms with Crippen molar-refractivity contribution in [3.8, 4) is 0 Å². The molecule has 4 heteroatoms. The Bertz CT molecular complexity index is 573. The van der Waals surface area contributed by atoms with Crippen molar-refractivity contribution in [2.45, 2.75) is 49.5 Å². The molecule has 0 fully saturated rings. The number of rotatable bonds is 5. The van der Waals surface area contributed by atoms with E-state index in [1.165, 1.54) is 10.5 Å². The third-order valence-corrected chi connectivity index (χ3v) is 4.03. The minimum atomic E-state index is 0.187. The van der Waals surface area contributed by atoms with Crippen molar-refractivity contribution in [2.75, 3.05) is 11.9 Å². The van der Waals surface area contributed by atoms with Crippen molar-refractivity contribution in [3.05, 3.63) is 42.2 Å². The van der Waals surface area contributed by atoms with Gasteiger partial charge >= 0.3 is 0 Å². The van der Waals surface area contributed by atoms with Crippen LogP contribution in [0.2, 0.25) is 0 Å². The van der Waals surface area contributed by atoms with Crippen LogP contribution in [0.4, 0.5) is 5.82 Å². The highest BCUT2D eigenvalue weighted by molar-refractivity contribution is 7.99. The SMILES string of the molecule is CCCNc1cncc(Sc2ccc(C(C)(C)C)cc2)n1. The van der Waals surface area contributed by atoms with Crippen LogP contribution in [0.1, 0.15) is 39.7 Å². The van der Waals surface area contributed by atoms with Crippen molar-refractivity contribution < 1.29 is 0 Å². The minimum absolute atomic E-state index is 0.187. The second-order valence-electron chi connectivity index (χ2n) is 6.05. The van der Waals surface area contributed by atoms with E-state index >= 15 is 0 Å². The van der Waals surface area contributed by atoms with Gasteiger partial charge < -0.3 is 5.32 Å². The van der Waals surface area contributed by atoms with Crippen LogP contribution in [0.15, 0.2) is 46.6 Å². The third-order valence-electron chi connectivity index (χ3n) is 3.11. The molecule has 1 N–H and O–H groups in total. The molecule has 0 aliphatic rings. The van der Waals surface area contributed by atoms with Gasteiger partial charge in [0.05, 0.1) is 12.4 Å². The highest BCUT2D eigenvalue weighted by Crippen LogP contribution is 2.29. The summed E-state index contributed by atoms with van der Waals surface area (Å²) < 4.78 is 0. The van der Waals surface area contributed by atoms with E-state index in [1.807, 2.05) is 0 Å². The first-order chi connectivity index (χ1) is 9.99. The molecule has 0 unspecified atom stereocenters. The Hall–Kier alpha value is -1.55. The van der Waals surface area contributed by atoms with Gasteiger partial charge in [-0.25, -0.2) is 4.98 Å². The van der Waals surface area contributed by atoms with E-state index in [2.05, 4.69) is 67.2 Å². The van der Waals surface area contributed by atoms with Gasteiger partial charge in [0.25, 0.3) is 0 Å². The van der Waals surface area contributed by atoms with Gasteiger partial charge in [-0.05, 0) is 29.5 Å². The van der Waals surface area contributed by atoms with E-state index in [0.717, 1.165) is 23.8 Å². The summed E-state index contributed by atoms with van der Waals surface area (Å²) in [6, 6.07) is 8.68. The van der Waals surface area contributed by atoms with E-state index in [1.54, 1.807) is 24.2 Å². The summed E-state index contributed by atoms with van der Waals surface area (Å²) in [5.74, 6) is 0.841. The van der Waals surface area contributed by atoms with Gasteiger partial charge in [0.15, 0.2) is 0 Å². The molecule has 3 nitrogen and oxygen atoms in total. The Morgan fingerprint density at radius 1 is 1.10 bits per heavy atom. The fourth-order valence-corrected chi connectivity index (χ4v) is 2.65. The zero-order valence-corrected chi connectivity index (χ0v) is 14.0. The first kappa shape index (κ1) is 15.8. The Morgan fingerprint density at radius 2 is 1.81 bits per heavy atom. The number of benzene rings is 1. The zero-order valence-electron chi connectivity index (χ0n) is 13.2. The van der Waals surface area contributed by atoms with E-state index in [9.17, 15) is 0 Å². The van der Waals surface area contributed by atoms with Crippen LogP contribution in [0.5, 0.6) is 0 Å². The second-order valence-corrected chi connectivity index (χ2v) is 7.14. The molecule has 0 radical (unpaired) electrons. The van der Waals surface area contributed by atoms with Crippen LogP contribution in [0.25, 0.3) is 0 Å². The molecule has 21 heavy (non-hydrogen) atoms. The molecule has 2 aromatic rings. The normalized spacial score (nSPS) is 11.4. The highest BCUT2D eigenvalue weighted by atomic mass is 32.2. The molecular weight excluding hydrogens is 278 g/mol. The fraction of sp³-hybridized carbons (Fsp3) is 0.412. The second kappa shape index (κ2) is 6.94. The summed E-state index contributed by atoms with van der Waals surface area (Å²) >= 11 is 1.64. The van der Waals surface area contributed by atoms with Crippen molar-refractivity contribution in [2.24, 2.45) is 0 Å². The summed E-state index contributed by atoms with van der Waals surface area (Å²) in [7, 11) is 0. The number of nitrogens with one attached hydrogen (secondary N) is 1. The molecule has 1 aromatic carbocycles. The first-order valence-corrected chi connectivity index (χ1v) is 8.15. The van der Waals surface area contributed by atoms with Crippen LogP contribution >= 0.6 is 11.8 Å². The minimum Gasteiger partial charge on any atom is -0.369 e. The van der Waals surface area contributed by atoms with Gasteiger partial charge in [-0.1, -0.05) is 51.6 Å². The summed E-state index contributed by atoms with van der Waals surface area (Å²) in [6.07, 6.45) is 4.65. The van der Waals surface area contributed by atoms with Crippen molar-refractivity contribution in [1.29, 1.82) is 0 Å². The molecule has 0 spiro atoms. The van der Waals surface area contributed by atoms with E-state index < -0.39 is 0 Å². The molecule has 0 atom stereocenters. The Labute approximate surface area is 131 Å². The van der Waals surface area contributed by atoms with Crippen molar-refractivity contribution in [3.63, 3.8) is 0 Å². The molecule has 1 heterocycles. The average molecular weight is 301 g/mol. The van der Waals surface area contributed by atoms with Gasteiger partial charge in [0.2, 0.25) is 0 Å². The lowest BCUT2D eigenvalue weighted by Crippen LogP contribution is -2.10. The maximum Gasteiger partial charge on any atom is 0.145 e. The van der Waals surface area contributed by atoms with Crippen LogP contribution in [0, 0.1) is 0 Å². The Morgan fingerprint density at radius 3 is 2.43 bits per heavy atom. The monoisotopic (exact) mass is 301 g/mol. The number of hydrogen-bond acceptors (Lipinski definition) is 4. The summed E-state index contributed by atoms with van der Waals surface area (Å²) in [5, 5.41) is 4.18. The largest absolute Gasteiger partial charge is 0.369 e. The topological polar surface area (TPSA) is 37.8 Å². The molecule has 0 saturated heterocycles. The smallest absolute Gasteiger partial charge is 0.145 e. The Balaban J connectivity index is 2.07. The first-order valence-electron chi connectivity index (χ1n) is 7.33. The van der Waals surface area contributed by atoms with Gasteiger partial charge in [-0.15, -0.1) is 0 Å². The lowest BCUT2D eigenvalue weighted by molar-refractivity contribution is 0.590. The molecule has 0 saturated carbocycles. The van der Waals surface area contributed by atoms with Gasteiger partial charge in [-0.2, -0.15) is 0 Å². The molecule has 0 aliphatic heterocycles. The summed E-state index contributed by atoms with van der Waals surface area (Å²) in [5.41, 5.74) is 1.53. The molecular formula is C17H23N3S. The fourth-order valence-electron chi connectivity index (χ4n) is 1.88. The molecule has 0 bridgehead atoms. The average Bonchev–Trinajstić information content (AvgIpc) is 2.45. The van der Waals surface area contributed by atoms with Crippen LogP contribution < -0.4 is 5.32 Å². The lowest BCUT2D eigenvalue weighted by Gasteiger charge is -2.19. The zero-order chi connectivity index (χ0) is 15.3. The predicted molar refractivity (Wildman–Crippen MR) is 90.1 cm³/mol. The van der Waals surface area contributed by atoms with E-state index in [-0.39, 0.29) is 5.41 Å². The number of anilines is 1. The third kappa shape index (κ3) is 4.74. The van der Waals surface area contributed by atoms with E-state index in [4.69, 9.17) is 0 Å². The molecule has 0 aliphatic carbocycles. The summed E-state index contributed by atoms with van der Waals surface area (Å²) in [6.45, 7) is 9.73.